The minimum absolute atomic E-state index is 0.139. The van der Waals surface area contributed by atoms with E-state index in [1.165, 1.54) is 42.8 Å². The van der Waals surface area contributed by atoms with Crippen LogP contribution in [0.3, 0.4) is 0 Å². The first-order chi connectivity index (χ1) is 8.58. The highest BCUT2D eigenvalue weighted by Gasteiger charge is 2.43. The molecule has 0 saturated heterocycles. The van der Waals surface area contributed by atoms with Crippen molar-refractivity contribution in [2.45, 2.75) is 71.4 Å². The van der Waals surface area contributed by atoms with Crippen LogP contribution in [0.1, 0.15) is 63.6 Å². The molecule has 2 nitrogen and oxygen atoms in total. The Morgan fingerprint density at radius 1 is 1.50 bits per heavy atom. The minimum atomic E-state index is 0.139. The number of aromatic nitrogens is 1. The Balaban J connectivity index is 2.37. The van der Waals surface area contributed by atoms with Gasteiger partial charge in [-0.15, -0.1) is 11.3 Å². The fourth-order valence-corrected chi connectivity index (χ4v) is 4.47. The average Bonchev–Trinajstić information content (AvgIpc) is 2.76. The molecule has 0 aliphatic heterocycles. The molecule has 1 saturated carbocycles. The van der Waals surface area contributed by atoms with Gasteiger partial charge in [-0.2, -0.15) is 0 Å². The van der Waals surface area contributed by atoms with Crippen LogP contribution in [0.25, 0.3) is 0 Å². The van der Waals surface area contributed by atoms with Crippen molar-refractivity contribution in [3.05, 3.63) is 16.1 Å². The lowest BCUT2D eigenvalue weighted by atomic mass is 9.71. The predicted octanol–water partition coefficient (Wildman–Crippen LogP) is 4.25. The fourth-order valence-electron chi connectivity index (χ4n) is 3.40. The molecular weight excluding hydrogens is 240 g/mol. The van der Waals surface area contributed by atoms with Crippen molar-refractivity contribution < 1.29 is 0 Å². The summed E-state index contributed by atoms with van der Waals surface area (Å²) in [4.78, 5) is 4.81. The fraction of sp³-hybridized carbons (Fsp3) is 0.800. The highest BCUT2D eigenvalue weighted by Crippen LogP contribution is 2.44. The quantitative estimate of drug-likeness (QED) is 0.881. The summed E-state index contributed by atoms with van der Waals surface area (Å²) < 4.78 is 0. The van der Waals surface area contributed by atoms with Gasteiger partial charge in [0.05, 0.1) is 5.54 Å². The molecule has 1 aliphatic carbocycles. The SMILES string of the molecule is CCC1CCCCC1(NC(C)C)c1nc(C)cs1. The molecule has 102 valence electrons. The normalized spacial score (nSPS) is 28.8. The van der Waals surface area contributed by atoms with E-state index in [0.717, 1.165) is 5.92 Å². The maximum atomic E-state index is 4.81. The molecule has 1 aromatic heterocycles. The summed E-state index contributed by atoms with van der Waals surface area (Å²) in [5, 5.41) is 7.39. The lowest BCUT2D eigenvalue weighted by molar-refractivity contribution is 0.124. The number of nitrogens with zero attached hydrogens (tertiary/aromatic N) is 1. The van der Waals surface area contributed by atoms with Gasteiger partial charge >= 0.3 is 0 Å². The monoisotopic (exact) mass is 266 g/mol. The first-order valence-corrected chi connectivity index (χ1v) is 8.16. The lowest BCUT2D eigenvalue weighted by Gasteiger charge is -2.44. The minimum Gasteiger partial charge on any atom is -0.303 e. The summed E-state index contributed by atoms with van der Waals surface area (Å²) in [6.07, 6.45) is 6.54. The molecule has 0 amide bonds. The van der Waals surface area contributed by atoms with E-state index < -0.39 is 0 Å². The standard InChI is InChI=1S/C15H26N2S/c1-5-13-8-6-7-9-15(13,17-11(2)3)14-16-12(4)10-18-14/h10-11,13,17H,5-9H2,1-4H3. The van der Waals surface area contributed by atoms with Gasteiger partial charge in [-0.1, -0.05) is 26.2 Å². The van der Waals surface area contributed by atoms with Gasteiger partial charge in [-0.3, -0.25) is 0 Å². The number of hydrogen-bond donors (Lipinski definition) is 1. The van der Waals surface area contributed by atoms with Crippen molar-refractivity contribution in [3.63, 3.8) is 0 Å². The van der Waals surface area contributed by atoms with E-state index in [0.29, 0.717) is 6.04 Å². The van der Waals surface area contributed by atoms with Crippen molar-refractivity contribution >= 4 is 11.3 Å². The lowest BCUT2D eigenvalue weighted by Crippen LogP contribution is -2.52. The van der Waals surface area contributed by atoms with Crippen molar-refractivity contribution in [1.29, 1.82) is 0 Å². The molecule has 1 N–H and O–H groups in total. The second-order valence-electron chi connectivity index (χ2n) is 5.92. The van der Waals surface area contributed by atoms with Crippen LogP contribution in [0.4, 0.5) is 0 Å². The van der Waals surface area contributed by atoms with Gasteiger partial charge in [0.2, 0.25) is 0 Å². The maximum Gasteiger partial charge on any atom is 0.113 e. The molecule has 2 atom stereocenters. The molecule has 1 aromatic rings. The van der Waals surface area contributed by atoms with E-state index in [9.17, 15) is 0 Å². The van der Waals surface area contributed by atoms with Crippen LogP contribution in [0, 0.1) is 12.8 Å². The van der Waals surface area contributed by atoms with E-state index >= 15 is 0 Å². The summed E-state index contributed by atoms with van der Waals surface area (Å²) in [6.45, 7) is 8.94. The Bertz CT molecular complexity index is 386. The molecular formula is C15H26N2S. The van der Waals surface area contributed by atoms with Gasteiger partial charge in [-0.25, -0.2) is 4.98 Å². The van der Waals surface area contributed by atoms with Crippen molar-refractivity contribution in [3.8, 4) is 0 Å². The van der Waals surface area contributed by atoms with Gasteiger partial charge in [0.1, 0.15) is 5.01 Å². The second-order valence-corrected chi connectivity index (χ2v) is 6.77. The molecule has 0 spiro atoms. The zero-order chi connectivity index (χ0) is 13.2. The van der Waals surface area contributed by atoms with Gasteiger partial charge in [0, 0.05) is 17.1 Å². The van der Waals surface area contributed by atoms with E-state index in [-0.39, 0.29) is 5.54 Å². The van der Waals surface area contributed by atoms with E-state index in [1.807, 2.05) is 11.3 Å². The Kier molecular flexibility index (Phi) is 4.44. The highest BCUT2D eigenvalue weighted by atomic mass is 32.1. The van der Waals surface area contributed by atoms with Gasteiger partial charge in [0.15, 0.2) is 0 Å². The zero-order valence-corrected chi connectivity index (χ0v) is 12.9. The molecule has 0 bridgehead atoms. The molecule has 0 radical (unpaired) electrons. The molecule has 3 heteroatoms. The molecule has 18 heavy (non-hydrogen) atoms. The third-order valence-corrected chi connectivity index (χ3v) is 5.25. The van der Waals surface area contributed by atoms with Crippen LogP contribution in [0.2, 0.25) is 0 Å². The van der Waals surface area contributed by atoms with E-state index in [4.69, 9.17) is 4.98 Å². The summed E-state index contributed by atoms with van der Waals surface area (Å²) >= 11 is 1.84. The molecule has 2 unspecified atom stereocenters. The molecule has 1 fully saturated rings. The number of hydrogen-bond acceptors (Lipinski definition) is 3. The Labute approximate surface area is 115 Å². The average molecular weight is 266 g/mol. The predicted molar refractivity (Wildman–Crippen MR) is 79.0 cm³/mol. The first-order valence-electron chi connectivity index (χ1n) is 7.28. The molecule has 1 aliphatic rings. The van der Waals surface area contributed by atoms with Crippen LogP contribution in [0.5, 0.6) is 0 Å². The highest BCUT2D eigenvalue weighted by molar-refractivity contribution is 7.09. The van der Waals surface area contributed by atoms with Crippen molar-refractivity contribution in [2.75, 3.05) is 0 Å². The number of aryl methyl sites for hydroxylation is 1. The molecule has 2 rings (SSSR count). The first kappa shape index (κ1) is 14.0. The zero-order valence-electron chi connectivity index (χ0n) is 12.1. The number of nitrogens with one attached hydrogen (secondary N) is 1. The Morgan fingerprint density at radius 2 is 2.28 bits per heavy atom. The van der Waals surface area contributed by atoms with Gasteiger partial charge in [0.25, 0.3) is 0 Å². The third-order valence-electron chi connectivity index (χ3n) is 4.11. The summed E-state index contributed by atoms with van der Waals surface area (Å²) in [6, 6.07) is 0.515. The smallest absolute Gasteiger partial charge is 0.113 e. The second kappa shape index (κ2) is 5.70. The molecule has 1 heterocycles. The summed E-state index contributed by atoms with van der Waals surface area (Å²) in [5.41, 5.74) is 1.31. The van der Waals surface area contributed by atoms with Gasteiger partial charge in [-0.05, 0) is 39.5 Å². The number of rotatable bonds is 4. The van der Waals surface area contributed by atoms with Crippen LogP contribution in [-0.4, -0.2) is 11.0 Å². The van der Waals surface area contributed by atoms with Crippen molar-refractivity contribution in [2.24, 2.45) is 5.92 Å². The van der Waals surface area contributed by atoms with E-state index in [2.05, 4.69) is 38.4 Å². The van der Waals surface area contributed by atoms with Crippen LogP contribution >= 0.6 is 11.3 Å². The van der Waals surface area contributed by atoms with Crippen molar-refractivity contribution in [1.82, 2.24) is 10.3 Å². The third kappa shape index (κ3) is 2.62. The van der Waals surface area contributed by atoms with E-state index in [1.54, 1.807) is 0 Å². The number of thiazole rings is 1. The van der Waals surface area contributed by atoms with Crippen LogP contribution in [0.15, 0.2) is 5.38 Å². The Hall–Kier alpha value is -0.410. The summed E-state index contributed by atoms with van der Waals surface area (Å²) in [7, 11) is 0. The topological polar surface area (TPSA) is 24.9 Å². The molecule has 0 aromatic carbocycles. The van der Waals surface area contributed by atoms with Crippen LogP contribution in [-0.2, 0) is 5.54 Å². The largest absolute Gasteiger partial charge is 0.303 e. The maximum absolute atomic E-state index is 4.81. The summed E-state index contributed by atoms with van der Waals surface area (Å²) in [5.74, 6) is 0.735. The van der Waals surface area contributed by atoms with Gasteiger partial charge < -0.3 is 5.32 Å². The Morgan fingerprint density at radius 3 is 2.83 bits per heavy atom. The van der Waals surface area contributed by atoms with Crippen LogP contribution < -0.4 is 5.32 Å².